The maximum atomic E-state index is 10.3. The van der Waals surface area contributed by atoms with Crippen LogP contribution in [0.15, 0.2) is 0 Å². The molecule has 0 unspecified atom stereocenters. The Labute approximate surface area is 116 Å². The van der Waals surface area contributed by atoms with Gasteiger partial charge in [-0.05, 0) is 12.8 Å². The summed E-state index contributed by atoms with van der Waals surface area (Å²) in [6, 6.07) is -0.0428. The van der Waals surface area contributed by atoms with Gasteiger partial charge in [0.15, 0.2) is 0 Å². The molecule has 1 aliphatic carbocycles. The van der Waals surface area contributed by atoms with Crippen molar-refractivity contribution in [3.8, 4) is 0 Å². The molecule has 0 heterocycles. The third kappa shape index (κ3) is 6.04. The summed E-state index contributed by atoms with van der Waals surface area (Å²) in [4.78, 5) is 0. The van der Waals surface area contributed by atoms with Gasteiger partial charge in [0.05, 0.1) is 0 Å². The summed E-state index contributed by atoms with van der Waals surface area (Å²) >= 11 is 0. The molecular weight excluding hydrogens is 205 g/mol. The Kier molecular flexibility index (Phi) is 6.84. The van der Waals surface area contributed by atoms with Gasteiger partial charge in [0.1, 0.15) is 0 Å². The van der Waals surface area contributed by atoms with Gasteiger partial charge in [-0.1, -0.05) is 19.3 Å². The Balaban J connectivity index is 0.00000121. The zero-order valence-electron chi connectivity index (χ0n) is 6.28. The van der Waals surface area contributed by atoms with Crippen molar-refractivity contribution in [1.29, 1.82) is 0 Å². The van der Waals surface area contributed by atoms with E-state index in [1.54, 1.807) is 0 Å². The molecular formula is C6H14KNO3S. The van der Waals surface area contributed by atoms with Crippen LogP contribution in [0, 0.1) is 0 Å². The van der Waals surface area contributed by atoms with Crippen molar-refractivity contribution in [2.24, 2.45) is 0 Å². The van der Waals surface area contributed by atoms with Gasteiger partial charge < -0.3 is 0 Å². The molecule has 0 bridgehead atoms. The summed E-state index contributed by atoms with van der Waals surface area (Å²) in [6.07, 6.45) is 4.96. The van der Waals surface area contributed by atoms with Crippen molar-refractivity contribution in [2.45, 2.75) is 38.1 Å². The van der Waals surface area contributed by atoms with Crippen molar-refractivity contribution in [2.75, 3.05) is 0 Å². The Morgan fingerprint density at radius 1 is 1.17 bits per heavy atom. The molecule has 0 atom stereocenters. The summed E-state index contributed by atoms with van der Waals surface area (Å²) < 4.78 is 31.3. The first-order valence-corrected chi connectivity index (χ1v) is 5.27. The molecule has 1 aliphatic rings. The van der Waals surface area contributed by atoms with Crippen LogP contribution in [0.2, 0.25) is 0 Å². The molecule has 68 valence electrons. The van der Waals surface area contributed by atoms with Crippen molar-refractivity contribution in [3.05, 3.63) is 0 Å². The predicted octanol–water partition coefficient (Wildman–Crippen LogP) is 0.0630. The average molecular weight is 219 g/mol. The summed E-state index contributed by atoms with van der Waals surface area (Å²) in [7, 11) is -3.97. The van der Waals surface area contributed by atoms with E-state index >= 15 is 0 Å². The maximum absolute atomic E-state index is 10.3. The summed E-state index contributed by atoms with van der Waals surface area (Å²) in [5.41, 5.74) is 0. The Morgan fingerprint density at radius 2 is 1.67 bits per heavy atom. The minimum atomic E-state index is -3.97. The third-order valence-electron chi connectivity index (χ3n) is 1.92. The Bertz CT molecular complexity index is 211. The fraction of sp³-hybridized carbons (Fsp3) is 1.00. The fourth-order valence-corrected chi connectivity index (χ4v) is 2.09. The van der Waals surface area contributed by atoms with Crippen molar-refractivity contribution >= 4 is 61.7 Å². The SMILES string of the molecule is O=S(=O)(O)NC1CCCCC1.[KH]. The van der Waals surface area contributed by atoms with Crippen LogP contribution in [0.5, 0.6) is 0 Å². The molecule has 12 heavy (non-hydrogen) atoms. The summed E-state index contributed by atoms with van der Waals surface area (Å²) in [5, 5.41) is 0. The van der Waals surface area contributed by atoms with Gasteiger partial charge in [-0.15, -0.1) is 0 Å². The van der Waals surface area contributed by atoms with Gasteiger partial charge in [0.2, 0.25) is 0 Å². The Hall–Kier alpha value is 1.51. The van der Waals surface area contributed by atoms with E-state index in [-0.39, 0.29) is 57.4 Å². The number of hydrogen-bond acceptors (Lipinski definition) is 2. The van der Waals surface area contributed by atoms with Crippen LogP contribution >= 0.6 is 0 Å². The van der Waals surface area contributed by atoms with Gasteiger partial charge in [-0.25, -0.2) is 0 Å². The summed E-state index contributed by atoms with van der Waals surface area (Å²) in [5.74, 6) is 0. The zero-order chi connectivity index (χ0) is 8.32. The zero-order valence-corrected chi connectivity index (χ0v) is 7.10. The van der Waals surface area contributed by atoms with Crippen molar-refractivity contribution in [1.82, 2.24) is 4.72 Å². The standard InChI is InChI=1S/C6H13NO3S.K.H/c8-11(9,10)7-6-4-2-1-3-5-6;;/h6-7H,1-5H2,(H,8,9,10);;. The van der Waals surface area contributed by atoms with E-state index in [2.05, 4.69) is 4.72 Å². The van der Waals surface area contributed by atoms with Crippen LogP contribution in [0.4, 0.5) is 0 Å². The van der Waals surface area contributed by atoms with Gasteiger partial charge in [-0.2, -0.15) is 13.1 Å². The molecule has 0 aromatic carbocycles. The molecule has 1 rings (SSSR count). The molecule has 1 fully saturated rings. The molecule has 1 saturated carbocycles. The number of nitrogens with one attached hydrogen (secondary N) is 1. The van der Waals surface area contributed by atoms with E-state index in [9.17, 15) is 8.42 Å². The average Bonchev–Trinajstić information content (AvgIpc) is 1.85. The molecule has 0 aromatic heterocycles. The first kappa shape index (κ1) is 13.5. The van der Waals surface area contributed by atoms with Gasteiger partial charge >= 0.3 is 61.7 Å². The minimum absolute atomic E-state index is 0. The van der Waals surface area contributed by atoms with Crippen LogP contribution in [-0.4, -0.2) is 70.4 Å². The van der Waals surface area contributed by atoms with E-state index in [4.69, 9.17) is 4.55 Å². The monoisotopic (exact) mass is 219 g/mol. The van der Waals surface area contributed by atoms with Gasteiger partial charge in [-0.3, -0.25) is 4.55 Å². The summed E-state index contributed by atoms with van der Waals surface area (Å²) in [6.45, 7) is 0. The fourth-order valence-electron chi connectivity index (χ4n) is 1.43. The van der Waals surface area contributed by atoms with Crippen molar-refractivity contribution < 1.29 is 13.0 Å². The van der Waals surface area contributed by atoms with E-state index < -0.39 is 10.3 Å². The predicted molar refractivity (Wildman–Crippen MR) is 48.7 cm³/mol. The van der Waals surface area contributed by atoms with Crippen LogP contribution in [0.1, 0.15) is 32.1 Å². The second-order valence-corrected chi connectivity index (χ2v) is 4.11. The molecule has 6 heteroatoms. The van der Waals surface area contributed by atoms with Crippen LogP contribution in [-0.2, 0) is 10.3 Å². The first-order valence-electron chi connectivity index (χ1n) is 3.83. The van der Waals surface area contributed by atoms with Crippen LogP contribution < -0.4 is 4.72 Å². The topological polar surface area (TPSA) is 66.4 Å². The quantitative estimate of drug-likeness (QED) is 0.510. The van der Waals surface area contributed by atoms with E-state index in [0.717, 1.165) is 25.7 Å². The molecule has 4 nitrogen and oxygen atoms in total. The molecule has 0 spiro atoms. The molecule has 2 N–H and O–H groups in total. The molecule has 0 aliphatic heterocycles. The number of hydrogen-bond donors (Lipinski definition) is 2. The van der Waals surface area contributed by atoms with Gasteiger partial charge in [0, 0.05) is 6.04 Å². The molecule has 0 aromatic rings. The Morgan fingerprint density at radius 3 is 2.08 bits per heavy atom. The molecule has 0 radical (unpaired) electrons. The van der Waals surface area contributed by atoms with E-state index in [0.29, 0.717) is 0 Å². The number of rotatable bonds is 2. The normalized spacial score (nSPS) is 20.1. The van der Waals surface area contributed by atoms with Crippen LogP contribution in [0.3, 0.4) is 0 Å². The second kappa shape index (κ2) is 6.08. The third-order valence-corrected chi connectivity index (χ3v) is 2.55. The molecule has 0 saturated heterocycles. The van der Waals surface area contributed by atoms with E-state index in [1.165, 1.54) is 6.42 Å². The van der Waals surface area contributed by atoms with Crippen molar-refractivity contribution in [3.63, 3.8) is 0 Å². The second-order valence-electron chi connectivity index (χ2n) is 2.93. The van der Waals surface area contributed by atoms with Gasteiger partial charge in [0.25, 0.3) is 0 Å². The first-order chi connectivity index (χ1) is 5.08. The molecule has 0 amide bonds. The van der Waals surface area contributed by atoms with E-state index in [1.807, 2.05) is 0 Å². The van der Waals surface area contributed by atoms with Crippen LogP contribution in [0.25, 0.3) is 0 Å².